The summed E-state index contributed by atoms with van der Waals surface area (Å²) < 4.78 is 0. The Kier molecular flexibility index (Phi) is 4.28. The van der Waals surface area contributed by atoms with E-state index in [9.17, 15) is 0 Å². The van der Waals surface area contributed by atoms with Crippen LogP contribution in [0.1, 0.15) is 58.2 Å². The van der Waals surface area contributed by atoms with Crippen molar-refractivity contribution in [3.8, 4) is 0 Å². The van der Waals surface area contributed by atoms with Crippen LogP contribution < -0.4 is 0 Å². The number of fused-ring (bicyclic) bond motifs is 1. The Bertz CT molecular complexity index is 410. The van der Waals surface area contributed by atoms with Gasteiger partial charge in [0.1, 0.15) is 0 Å². The van der Waals surface area contributed by atoms with Crippen LogP contribution in [0.25, 0.3) is 0 Å². The van der Waals surface area contributed by atoms with E-state index in [4.69, 9.17) is 0 Å². The second-order valence-corrected chi connectivity index (χ2v) is 6.70. The van der Waals surface area contributed by atoms with Crippen molar-refractivity contribution in [1.82, 2.24) is 0 Å². The molecule has 90 valence electrons. The minimum atomic E-state index is 0. The zero-order chi connectivity index (χ0) is 12.1. The van der Waals surface area contributed by atoms with E-state index in [1.54, 1.807) is 5.92 Å². The summed E-state index contributed by atoms with van der Waals surface area (Å²) in [6, 6.07) is 7.05. The van der Waals surface area contributed by atoms with Gasteiger partial charge in [-0.1, -0.05) is 63.9 Å². The Hall–Kier alpha value is 0.272. The van der Waals surface area contributed by atoms with Crippen LogP contribution >= 0.6 is 0 Å². The predicted octanol–water partition coefficient (Wildman–Crippen LogP) is 4.41. The van der Waals surface area contributed by atoms with E-state index in [2.05, 4.69) is 59.7 Å². The molecule has 0 unspecified atom stereocenters. The van der Waals surface area contributed by atoms with Gasteiger partial charge in [-0.2, -0.15) is 13.3 Å². The van der Waals surface area contributed by atoms with Crippen LogP contribution in [0.5, 0.6) is 0 Å². The van der Waals surface area contributed by atoms with Gasteiger partial charge in [0, 0.05) is 0 Å². The van der Waals surface area contributed by atoms with E-state index < -0.39 is 0 Å². The van der Waals surface area contributed by atoms with Crippen LogP contribution in [-0.4, -0.2) is 0 Å². The van der Waals surface area contributed by atoms with Crippen LogP contribution in [0, 0.1) is 37.0 Å². The third kappa shape index (κ3) is 2.66. The minimum Gasteiger partial charge on any atom is -0.303 e. The molecule has 17 heavy (non-hydrogen) atoms. The quantitative estimate of drug-likeness (QED) is 0.511. The molecule has 0 atom stereocenters. The van der Waals surface area contributed by atoms with E-state index in [1.165, 1.54) is 16.7 Å². The van der Waals surface area contributed by atoms with Gasteiger partial charge in [-0.25, -0.2) is 0 Å². The van der Waals surface area contributed by atoms with Gasteiger partial charge in [-0.05, 0) is 11.0 Å². The normalized spacial score (nSPS) is 18.7. The van der Waals surface area contributed by atoms with Gasteiger partial charge < -0.3 is 5.92 Å². The molecule has 0 aliphatic heterocycles. The minimum absolute atomic E-state index is 0. The zero-order valence-electron chi connectivity index (χ0n) is 11.9. The van der Waals surface area contributed by atoms with Crippen molar-refractivity contribution in [2.75, 3.05) is 0 Å². The molecule has 0 N–H and O–H groups in total. The van der Waals surface area contributed by atoms with Gasteiger partial charge in [-0.15, -0.1) is 5.41 Å². The Labute approximate surface area is 130 Å². The predicted molar refractivity (Wildman–Crippen MR) is 70.8 cm³/mol. The van der Waals surface area contributed by atoms with E-state index in [-0.39, 0.29) is 41.9 Å². The molecule has 1 aromatic carbocycles. The van der Waals surface area contributed by atoms with E-state index >= 15 is 0 Å². The fourth-order valence-corrected chi connectivity index (χ4v) is 2.52. The van der Waals surface area contributed by atoms with Gasteiger partial charge in [0.05, 0.1) is 0 Å². The van der Waals surface area contributed by atoms with Crippen LogP contribution in [0.4, 0.5) is 0 Å². The molecule has 0 aromatic heterocycles. The average Bonchev–Trinajstić information content (AvgIpc) is 2.37. The maximum absolute atomic E-state index is 2.42. The smallest absolute Gasteiger partial charge is 0.303 e. The molecule has 0 fully saturated rings. The molecule has 1 aliphatic carbocycles. The molecule has 0 nitrogen and oxygen atoms in total. The molecule has 2 rings (SSSR count). The summed E-state index contributed by atoms with van der Waals surface area (Å²) in [5.41, 5.74) is 5.03. The summed E-state index contributed by atoms with van der Waals surface area (Å²) >= 11 is 0. The first kappa shape index (κ1) is 15.3. The van der Waals surface area contributed by atoms with Crippen molar-refractivity contribution >= 4 is 0 Å². The first-order valence-electron chi connectivity index (χ1n) is 6.20. The second-order valence-electron chi connectivity index (χ2n) is 6.70. The zero-order valence-corrected chi connectivity index (χ0v) is 16.1. The summed E-state index contributed by atoms with van der Waals surface area (Å²) in [5.74, 6) is 1.59. The van der Waals surface area contributed by atoms with E-state index in [1.807, 2.05) is 0 Å². The summed E-state index contributed by atoms with van der Waals surface area (Å²) in [6.45, 7) is 13.8. The maximum Gasteiger partial charge on any atom is 2.00 e. The van der Waals surface area contributed by atoms with E-state index in [0.717, 1.165) is 6.42 Å². The molecule has 1 heteroatoms. The number of rotatable bonds is 0. The van der Waals surface area contributed by atoms with Crippen molar-refractivity contribution in [2.45, 2.75) is 58.8 Å². The Morgan fingerprint density at radius 3 is 2.29 bits per heavy atom. The van der Waals surface area contributed by atoms with Crippen LogP contribution in [0.2, 0.25) is 0 Å². The molecule has 1 aliphatic rings. The van der Waals surface area contributed by atoms with Gasteiger partial charge >= 0.3 is 31.1 Å². The average molecular weight is 453 g/mol. The summed E-state index contributed by atoms with van der Waals surface area (Å²) in [6.07, 6.45) is 1.16. The van der Waals surface area contributed by atoms with Crippen LogP contribution in [0.3, 0.4) is 0 Å². The number of benzene rings is 1. The summed E-state index contributed by atoms with van der Waals surface area (Å²) in [5, 5.41) is 0. The molecule has 0 saturated heterocycles. The fraction of sp³-hybridized carbons (Fsp3) is 0.562. The van der Waals surface area contributed by atoms with Crippen molar-refractivity contribution < 1.29 is 31.1 Å². The Morgan fingerprint density at radius 2 is 1.76 bits per heavy atom. The SMILES string of the molecule is C[C-]1Cc2ccc(C(C)(C)C)cc2C1(C)C.[U+2]. The number of hydrogen-bond donors (Lipinski definition) is 0. The molecule has 0 amide bonds. The Balaban J connectivity index is 0.00000144. The third-order valence-corrected chi connectivity index (χ3v) is 4.17. The van der Waals surface area contributed by atoms with Crippen molar-refractivity contribution in [3.63, 3.8) is 0 Å². The standard InChI is InChI=1S/C16H23.U/c1-11-9-12-7-8-13(15(2,3)4)10-14(12)16(11,5)6;/h7-8,10H,9H2,1-6H3;/q-1;+2. The van der Waals surface area contributed by atoms with Gasteiger partial charge in [0.2, 0.25) is 0 Å². The molecule has 0 bridgehead atoms. The van der Waals surface area contributed by atoms with E-state index in [0.29, 0.717) is 0 Å². The third-order valence-electron chi connectivity index (χ3n) is 4.17. The Morgan fingerprint density at radius 1 is 1.18 bits per heavy atom. The number of hydrogen-bond acceptors (Lipinski definition) is 0. The largest absolute Gasteiger partial charge is 2.00 e. The van der Waals surface area contributed by atoms with Gasteiger partial charge in [0.25, 0.3) is 0 Å². The molecule has 0 saturated carbocycles. The molecule has 0 heterocycles. The van der Waals surface area contributed by atoms with Crippen molar-refractivity contribution in [2.24, 2.45) is 0 Å². The van der Waals surface area contributed by atoms with Crippen LogP contribution in [-0.2, 0) is 17.3 Å². The van der Waals surface area contributed by atoms with Crippen molar-refractivity contribution in [3.05, 3.63) is 40.8 Å². The first-order valence-corrected chi connectivity index (χ1v) is 6.20. The first-order chi connectivity index (χ1) is 7.23. The monoisotopic (exact) mass is 453 g/mol. The van der Waals surface area contributed by atoms with Gasteiger partial charge in [-0.3, -0.25) is 0 Å². The second kappa shape index (κ2) is 4.75. The molecule has 1 aromatic rings. The molecular weight excluding hydrogens is 430 g/mol. The molecular formula is C16H23U+. The molecule has 0 spiro atoms. The fourth-order valence-electron chi connectivity index (χ4n) is 2.52. The summed E-state index contributed by atoms with van der Waals surface area (Å²) in [4.78, 5) is 0. The molecule has 0 radical (unpaired) electrons. The van der Waals surface area contributed by atoms with Crippen molar-refractivity contribution in [1.29, 1.82) is 0 Å². The van der Waals surface area contributed by atoms with Gasteiger partial charge in [0.15, 0.2) is 0 Å². The maximum atomic E-state index is 2.42. The van der Waals surface area contributed by atoms with Crippen LogP contribution in [0.15, 0.2) is 18.2 Å². The summed E-state index contributed by atoms with van der Waals surface area (Å²) in [7, 11) is 0. The topological polar surface area (TPSA) is 0 Å².